The number of phenols is 1. The summed E-state index contributed by atoms with van der Waals surface area (Å²) in [4.78, 5) is 10.2. The standard InChI is InChI=1S/C10H10BrClO3/c11-7(5-10(14)15)3-6-4-8(12)1-2-9(6)13/h1-2,4,7,13H,3,5H2,(H,14,15). The van der Waals surface area contributed by atoms with Gasteiger partial charge in [0.2, 0.25) is 0 Å². The van der Waals surface area contributed by atoms with Gasteiger partial charge in [0, 0.05) is 9.85 Å². The van der Waals surface area contributed by atoms with Crippen LogP contribution in [0, 0.1) is 0 Å². The second-order valence-electron chi connectivity index (χ2n) is 3.17. The third-order valence-corrected chi connectivity index (χ3v) is 2.76. The highest BCUT2D eigenvalue weighted by Crippen LogP contribution is 2.25. The van der Waals surface area contributed by atoms with Crippen LogP contribution in [0.5, 0.6) is 5.75 Å². The van der Waals surface area contributed by atoms with E-state index in [9.17, 15) is 9.90 Å². The zero-order valence-electron chi connectivity index (χ0n) is 7.78. The number of aliphatic carboxylic acids is 1. The van der Waals surface area contributed by atoms with E-state index in [4.69, 9.17) is 16.7 Å². The van der Waals surface area contributed by atoms with Crippen LogP contribution in [0.3, 0.4) is 0 Å². The molecule has 1 atom stereocenters. The van der Waals surface area contributed by atoms with Crippen molar-refractivity contribution in [1.29, 1.82) is 0 Å². The van der Waals surface area contributed by atoms with Crippen LogP contribution >= 0.6 is 27.5 Å². The molecule has 0 aromatic heterocycles. The van der Waals surface area contributed by atoms with Crippen molar-refractivity contribution in [2.45, 2.75) is 17.7 Å². The van der Waals surface area contributed by atoms with Gasteiger partial charge in [-0.05, 0) is 30.2 Å². The van der Waals surface area contributed by atoms with Crippen LogP contribution in [0.1, 0.15) is 12.0 Å². The lowest BCUT2D eigenvalue weighted by Gasteiger charge is -2.09. The fraction of sp³-hybridized carbons (Fsp3) is 0.300. The number of carboxylic acids is 1. The first-order valence-electron chi connectivity index (χ1n) is 4.32. The highest BCUT2D eigenvalue weighted by Gasteiger charge is 2.12. The molecule has 0 amide bonds. The van der Waals surface area contributed by atoms with E-state index in [0.717, 1.165) is 0 Å². The number of halogens is 2. The zero-order valence-corrected chi connectivity index (χ0v) is 10.1. The van der Waals surface area contributed by atoms with Crippen molar-refractivity contribution >= 4 is 33.5 Å². The summed E-state index contributed by atoms with van der Waals surface area (Å²) in [5.74, 6) is -0.743. The number of hydrogen-bond donors (Lipinski definition) is 2. The van der Waals surface area contributed by atoms with E-state index in [0.29, 0.717) is 17.0 Å². The van der Waals surface area contributed by atoms with Gasteiger partial charge in [0.15, 0.2) is 0 Å². The summed E-state index contributed by atoms with van der Waals surface area (Å²) in [6, 6.07) is 4.71. The van der Waals surface area contributed by atoms with Crippen LogP contribution in [-0.4, -0.2) is 21.0 Å². The minimum absolute atomic E-state index is 0.00591. The zero-order chi connectivity index (χ0) is 11.4. The summed E-state index contributed by atoms with van der Waals surface area (Å²) in [7, 11) is 0. The van der Waals surface area contributed by atoms with E-state index in [1.165, 1.54) is 6.07 Å². The fourth-order valence-corrected chi connectivity index (χ4v) is 2.04. The number of phenolic OH excluding ortho intramolecular Hbond substituents is 1. The van der Waals surface area contributed by atoms with Crippen LogP contribution in [0.2, 0.25) is 5.02 Å². The lowest BCUT2D eigenvalue weighted by atomic mass is 10.1. The van der Waals surface area contributed by atoms with Crippen molar-refractivity contribution in [1.82, 2.24) is 0 Å². The first-order chi connectivity index (χ1) is 6.99. The monoisotopic (exact) mass is 292 g/mol. The second-order valence-corrected chi connectivity index (χ2v) is 4.90. The average Bonchev–Trinajstić information content (AvgIpc) is 2.10. The Morgan fingerprint density at radius 3 is 2.80 bits per heavy atom. The Bertz CT molecular complexity index is 368. The van der Waals surface area contributed by atoms with Crippen LogP contribution in [0.25, 0.3) is 0 Å². The number of hydrogen-bond acceptors (Lipinski definition) is 2. The molecule has 0 saturated heterocycles. The van der Waals surface area contributed by atoms with Gasteiger partial charge in [-0.15, -0.1) is 0 Å². The number of carboxylic acid groups (broad SMARTS) is 1. The molecule has 0 radical (unpaired) electrons. The van der Waals surface area contributed by atoms with E-state index in [1.54, 1.807) is 12.1 Å². The first-order valence-corrected chi connectivity index (χ1v) is 5.61. The number of rotatable bonds is 4. The van der Waals surface area contributed by atoms with Gasteiger partial charge in [0.1, 0.15) is 5.75 Å². The topological polar surface area (TPSA) is 57.5 Å². The largest absolute Gasteiger partial charge is 0.508 e. The van der Waals surface area contributed by atoms with E-state index in [1.807, 2.05) is 0 Å². The van der Waals surface area contributed by atoms with E-state index in [2.05, 4.69) is 15.9 Å². The smallest absolute Gasteiger partial charge is 0.304 e. The van der Waals surface area contributed by atoms with Gasteiger partial charge < -0.3 is 10.2 Å². The summed E-state index contributed by atoms with van der Waals surface area (Å²) in [6.07, 6.45) is 0.435. The highest BCUT2D eigenvalue weighted by molar-refractivity contribution is 9.09. The number of aromatic hydroxyl groups is 1. The molecule has 15 heavy (non-hydrogen) atoms. The van der Waals surface area contributed by atoms with E-state index >= 15 is 0 Å². The SMILES string of the molecule is O=C(O)CC(Br)Cc1cc(Cl)ccc1O. The lowest BCUT2D eigenvalue weighted by molar-refractivity contribution is -0.136. The molecule has 1 rings (SSSR count). The van der Waals surface area contributed by atoms with Gasteiger partial charge >= 0.3 is 5.97 Å². The minimum Gasteiger partial charge on any atom is -0.508 e. The fourth-order valence-electron chi connectivity index (χ4n) is 1.22. The van der Waals surface area contributed by atoms with E-state index < -0.39 is 5.97 Å². The molecule has 0 aliphatic rings. The maximum Gasteiger partial charge on any atom is 0.304 e. The maximum absolute atomic E-state index is 10.4. The maximum atomic E-state index is 10.4. The second kappa shape index (κ2) is 5.37. The molecule has 2 N–H and O–H groups in total. The molecule has 1 aromatic carbocycles. The molecular formula is C10H10BrClO3. The number of alkyl halides is 1. The quantitative estimate of drug-likeness (QED) is 0.839. The normalized spacial score (nSPS) is 12.4. The van der Waals surface area contributed by atoms with Crippen LogP contribution < -0.4 is 0 Å². The molecule has 82 valence electrons. The number of carbonyl (C=O) groups is 1. The summed E-state index contributed by atoms with van der Waals surface area (Å²) in [6.45, 7) is 0. The van der Waals surface area contributed by atoms with Gasteiger partial charge in [0.05, 0.1) is 6.42 Å². The predicted octanol–water partition coefficient (Wildman–Crippen LogP) is 2.83. The van der Waals surface area contributed by atoms with Crippen molar-refractivity contribution in [3.05, 3.63) is 28.8 Å². The lowest BCUT2D eigenvalue weighted by Crippen LogP contribution is -2.09. The van der Waals surface area contributed by atoms with Crippen molar-refractivity contribution < 1.29 is 15.0 Å². The molecule has 0 heterocycles. The van der Waals surface area contributed by atoms with Crippen molar-refractivity contribution in [3.63, 3.8) is 0 Å². The van der Waals surface area contributed by atoms with Crippen LogP contribution in [-0.2, 0) is 11.2 Å². The molecule has 0 bridgehead atoms. The van der Waals surface area contributed by atoms with Crippen molar-refractivity contribution in [3.8, 4) is 5.75 Å². The number of benzene rings is 1. The predicted molar refractivity (Wildman–Crippen MR) is 61.8 cm³/mol. The molecule has 1 aromatic rings. The molecule has 0 saturated carbocycles. The van der Waals surface area contributed by atoms with E-state index in [-0.39, 0.29) is 17.0 Å². The van der Waals surface area contributed by atoms with Crippen LogP contribution in [0.15, 0.2) is 18.2 Å². The molecule has 0 aliphatic carbocycles. The van der Waals surface area contributed by atoms with Crippen LogP contribution in [0.4, 0.5) is 0 Å². The Morgan fingerprint density at radius 1 is 1.53 bits per heavy atom. The first kappa shape index (κ1) is 12.3. The summed E-state index contributed by atoms with van der Waals surface area (Å²) >= 11 is 9.00. The Morgan fingerprint density at radius 2 is 2.20 bits per heavy atom. The van der Waals surface area contributed by atoms with Gasteiger partial charge in [-0.1, -0.05) is 27.5 Å². The molecule has 3 nitrogen and oxygen atoms in total. The Kier molecular flexibility index (Phi) is 4.42. The highest BCUT2D eigenvalue weighted by atomic mass is 79.9. The van der Waals surface area contributed by atoms with Gasteiger partial charge in [-0.25, -0.2) is 0 Å². The molecule has 0 aliphatic heterocycles. The Labute approximate surface area is 101 Å². The molecule has 1 unspecified atom stereocenters. The van der Waals surface area contributed by atoms with Gasteiger partial charge in [-0.2, -0.15) is 0 Å². The Hall–Kier alpha value is -0.740. The molecule has 0 spiro atoms. The van der Waals surface area contributed by atoms with Gasteiger partial charge in [-0.3, -0.25) is 4.79 Å². The van der Waals surface area contributed by atoms with Crippen molar-refractivity contribution in [2.24, 2.45) is 0 Å². The van der Waals surface area contributed by atoms with Crippen molar-refractivity contribution in [2.75, 3.05) is 0 Å². The summed E-state index contributed by atoms with van der Waals surface area (Å²) in [5.41, 5.74) is 0.644. The minimum atomic E-state index is -0.876. The molecular weight excluding hydrogens is 283 g/mol. The summed E-state index contributed by atoms with van der Waals surface area (Å²) < 4.78 is 0. The third-order valence-electron chi connectivity index (χ3n) is 1.88. The molecule has 0 fully saturated rings. The average molecular weight is 294 g/mol. The summed E-state index contributed by atoms with van der Waals surface area (Å²) in [5, 5.41) is 18.6. The molecule has 5 heteroatoms. The Balaban J connectivity index is 2.71. The van der Waals surface area contributed by atoms with Gasteiger partial charge in [0.25, 0.3) is 0 Å². The third kappa shape index (κ3) is 4.10.